The largest absolute Gasteiger partial charge is 0.326 e. The first-order valence-electron chi connectivity index (χ1n) is 5.49. The Hall–Kier alpha value is -2.16. The monoisotopic (exact) mass is 226 g/mol. The van der Waals surface area contributed by atoms with Crippen molar-refractivity contribution in [2.45, 2.75) is 13.3 Å². The van der Waals surface area contributed by atoms with Crippen LogP contribution in [0.2, 0.25) is 0 Å². The molecule has 0 radical (unpaired) electrons. The number of hydrogen-bond acceptors (Lipinski definition) is 2. The van der Waals surface area contributed by atoms with Gasteiger partial charge in [0.05, 0.1) is 6.42 Å². The maximum atomic E-state index is 11.8. The topological polar surface area (TPSA) is 42.0 Å². The summed E-state index contributed by atoms with van der Waals surface area (Å²) >= 11 is 0. The van der Waals surface area contributed by atoms with E-state index in [2.05, 4.69) is 10.3 Å². The highest BCUT2D eigenvalue weighted by molar-refractivity contribution is 5.92. The van der Waals surface area contributed by atoms with Crippen molar-refractivity contribution >= 4 is 11.6 Å². The number of aromatic nitrogens is 1. The van der Waals surface area contributed by atoms with Crippen molar-refractivity contribution in [1.82, 2.24) is 4.98 Å². The molecule has 0 bridgehead atoms. The summed E-state index contributed by atoms with van der Waals surface area (Å²) in [4.78, 5) is 15.7. The SMILES string of the molecule is Cc1cccc(CC(=O)Nc2ccncc2)c1. The highest BCUT2D eigenvalue weighted by Crippen LogP contribution is 2.07. The van der Waals surface area contributed by atoms with Crippen molar-refractivity contribution in [2.75, 3.05) is 5.32 Å². The fourth-order valence-electron chi connectivity index (χ4n) is 1.65. The lowest BCUT2D eigenvalue weighted by atomic mass is 10.1. The summed E-state index contributed by atoms with van der Waals surface area (Å²) in [5.41, 5.74) is 2.97. The number of pyridine rings is 1. The molecule has 0 unspecified atom stereocenters. The lowest BCUT2D eigenvalue weighted by Crippen LogP contribution is -2.14. The molecule has 3 heteroatoms. The molecule has 0 aliphatic carbocycles. The van der Waals surface area contributed by atoms with E-state index < -0.39 is 0 Å². The third-order valence-electron chi connectivity index (χ3n) is 2.41. The quantitative estimate of drug-likeness (QED) is 0.874. The third-order valence-corrected chi connectivity index (χ3v) is 2.41. The Morgan fingerprint density at radius 3 is 2.71 bits per heavy atom. The van der Waals surface area contributed by atoms with Gasteiger partial charge in [-0.25, -0.2) is 0 Å². The van der Waals surface area contributed by atoms with E-state index in [-0.39, 0.29) is 5.91 Å². The van der Waals surface area contributed by atoms with Crippen LogP contribution in [-0.4, -0.2) is 10.9 Å². The zero-order valence-electron chi connectivity index (χ0n) is 9.68. The first-order chi connectivity index (χ1) is 8.24. The second-order valence-corrected chi connectivity index (χ2v) is 3.95. The number of amides is 1. The number of nitrogens with one attached hydrogen (secondary N) is 1. The van der Waals surface area contributed by atoms with E-state index in [4.69, 9.17) is 0 Å². The van der Waals surface area contributed by atoms with Crippen LogP contribution >= 0.6 is 0 Å². The van der Waals surface area contributed by atoms with E-state index >= 15 is 0 Å². The van der Waals surface area contributed by atoms with Crippen molar-refractivity contribution in [3.8, 4) is 0 Å². The Labute approximate surface area is 101 Å². The van der Waals surface area contributed by atoms with Gasteiger partial charge in [-0.3, -0.25) is 9.78 Å². The number of nitrogens with zero attached hydrogens (tertiary/aromatic N) is 1. The highest BCUT2D eigenvalue weighted by atomic mass is 16.1. The van der Waals surface area contributed by atoms with Crippen LogP contribution in [0.4, 0.5) is 5.69 Å². The molecule has 0 saturated heterocycles. The van der Waals surface area contributed by atoms with E-state index in [1.54, 1.807) is 24.5 Å². The Balaban J connectivity index is 1.98. The minimum Gasteiger partial charge on any atom is -0.326 e. The second-order valence-electron chi connectivity index (χ2n) is 3.95. The van der Waals surface area contributed by atoms with E-state index in [1.807, 2.05) is 31.2 Å². The summed E-state index contributed by atoms with van der Waals surface area (Å²) in [5, 5.41) is 2.83. The van der Waals surface area contributed by atoms with Crippen LogP contribution in [0.5, 0.6) is 0 Å². The minimum absolute atomic E-state index is 0.0122. The second kappa shape index (κ2) is 5.25. The van der Waals surface area contributed by atoms with Gasteiger partial charge < -0.3 is 5.32 Å². The average molecular weight is 226 g/mol. The van der Waals surface area contributed by atoms with Gasteiger partial charge in [-0.1, -0.05) is 29.8 Å². The number of carbonyl (C=O) groups excluding carboxylic acids is 1. The van der Waals surface area contributed by atoms with E-state index in [1.165, 1.54) is 5.56 Å². The summed E-state index contributed by atoms with van der Waals surface area (Å²) in [6, 6.07) is 11.5. The van der Waals surface area contributed by atoms with Crippen LogP contribution in [-0.2, 0) is 11.2 Å². The molecular formula is C14H14N2O. The Morgan fingerprint density at radius 2 is 2.00 bits per heavy atom. The molecular weight excluding hydrogens is 212 g/mol. The smallest absolute Gasteiger partial charge is 0.228 e. The van der Waals surface area contributed by atoms with Crippen LogP contribution in [0.3, 0.4) is 0 Å². The molecule has 1 aromatic carbocycles. The number of hydrogen-bond donors (Lipinski definition) is 1. The van der Waals surface area contributed by atoms with Crippen molar-refractivity contribution in [2.24, 2.45) is 0 Å². The van der Waals surface area contributed by atoms with E-state index in [0.717, 1.165) is 11.3 Å². The summed E-state index contributed by atoms with van der Waals surface area (Å²) in [6.45, 7) is 2.02. The molecule has 0 fully saturated rings. The number of anilines is 1. The molecule has 1 aromatic heterocycles. The molecule has 1 amide bonds. The van der Waals surface area contributed by atoms with Gasteiger partial charge in [-0.05, 0) is 24.6 Å². The molecule has 1 heterocycles. The van der Waals surface area contributed by atoms with E-state index in [9.17, 15) is 4.79 Å². The van der Waals surface area contributed by atoms with Crippen LogP contribution in [0.15, 0.2) is 48.8 Å². The zero-order valence-corrected chi connectivity index (χ0v) is 9.68. The Morgan fingerprint density at radius 1 is 1.24 bits per heavy atom. The van der Waals surface area contributed by atoms with Crippen molar-refractivity contribution in [1.29, 1.82) is 0 Å². The molecule has 0 aliphatic rings. The zero-order chi connectivity index (χ0) is 12.1. The first-order valence-corrected chi connectivity index (χ1v) is 5.49. The highest BCUT2D eigenvalue weighted by Gasteiger charge is 2.03. The number of rotatable bonds is 3. The van der Waals surface area contributed by atoms with Crippen molar-refractivity contribution in [3.63, 3.8) is 0 Å². The van der Waals surface area contributed by atoms with Crippen LogP contribution in [0.25, 0.3) is 0 Å². The van der Waals surface area contributed by atoms with Crippen molar-refractivity contribution < 1.29 is 4.79 Å². The maximum Gasteiger partial charge on any atom is 0.228 e. The number of benzene rings is 1. The van der Waals surface area contributed by atoms with Gasteiger partial charge in [0.25, 0.3) is 0 Å². The van der Waals surface area contributed by atoms with E-state index in [0.29, 0.717) is 6.42 Å². The fraction of sp³-hybridized carbons (Fsp3) is 0.143. The van der Waals surface area contributed by atoms with Gasteiger partial charge >= 0.3 is 0 Å². The van der Waals surface area contributed by atoms with Gasteiger partial charge in [0.1, 0.15) is 0 Å². The predicted molar refractivity (Wildman–Crippen MR) is 67.7 cm³/mol. The van der Waals surface area contributed by atoms with Gasteiger partial charge in [-0.15, -0.1) is 0 Å². The lowest BCUT2D eigenvalue weighted by molar-refractivity contribution is -0.115. The molecule has 0 atom stereocenters. The summed E-state index contributed by atoms with van der Waals surface area (Å²) in [7, 11) is 0. The molecule has 17 heavy (non-hydrogen) atoms. The van der Waals surface area contributed by atoms with Gasteiger partial charge in [0, 0.05) is 18.1 Å². The molecule has 0 saturated carbocycles. The lowest BCUT2D eigenvalue weighted by Gasteiger charge is -2.05. The van der Waals surface area contributed by atoms with Crippen LogP contribution in [0, 0.1) is 6.92 Å². The fourth-order valence-corrected chi connectivity index (χ4v) is 1.65. The molecule has 2 rings (SSSR count). The van der Waals surface area contributed by atoms with Crippen molar-refractivity contribution in [3.05, 3.63) is 59.9 Å². The molecule has 3 nitrogen and oxygen atoms in total. The molecule has 2 aromatic rings. The maximum absolute atomic E-state index is 11.8. The number of aryl methyl sites for hydroxylation is 1. The molecule has 86 valence electrons. The minimum atomic E-state index is -0.0122. The van der Waals surface area contributed by atoms with Crippen LogP contribution < -0.4 is 5.32 Å². The predicted octanol–water partition coefficient (Wildman–Crippen LogP) is 2.57. The summed E-state index contributed by atoms with van der Waals surface area (Å²) in [6.07, 6.45) is 3.70. The average Bonchev–Trinajstić information content (AvgIpc) is 2.30. The van der Waals surface area contributed by atoms with Gasteiger partial charge in [0.2, 0.25) is 5.91 Å². The van der Waals surface area contributed by atoms with Gasteiger partial charge in [-0.2, -0.15) is 0 Å². The Bertz CT molecular complexity index is 509. The summed E-state index contributed by atoms with van der Waals surface area (Å²) < 4.78 is 0. The Kier molecular flexibility index (Phi) is 3.50. The first kappa shape index (κ1) is 11.3. The molecule has 1 N–H and O–H groups in total. The summed E-state index contributed by atoms with van der Waals surface area (Å²) in [5.74, 6) is -0.0122. The normalized spacial score (nSPS) is 9.94. The van der Waals surface area contributed by atoms with Crippen LogP contribution in [0.1, 0.15) is 11.1 Å². The third kappa shape index (κ3) is 3.41. The molecule has 0 aliphatic heterocycles. The molecule has 0 spiro atoms. The number of carbonyl (C=O) groups is 1. The standard InChI is InChI=1S/C14H14N2O/c1-11-3-2-4-12(9-11)10-14(17)16-13-5-7-15-8-6-13/h2-9H,10H2,1H3,(H,15,16,17). The van der Waals surface area contributed by atoms with Gasteiger partial charge in [0.15, 0.2) is 0 Å².